The number of allylic oxidation sites excluding steroid dienone is 1. The topological polar surface area (TPSA) is 132 Å². The van der Waals surface area contributed by atoms with Crippen LogP contribution in [-0.2, 0) is 6.42 Å². The molecular weight excluding hydrogens is 530 g/mol. The van der Waals surface area contributed by atoms with Crippen molar-refractivity contribution in [1.82, 2.24) is 15.0 Å². The Labute approximate surface area is 244 Å². The monoisotopic (exact) mass is 563 g/mol. The van der Waals surface area contributed by atoms with Gasteiger partial charge in [-0.25, -0.2) is 4.98 Å². The number of hydrogen-bond donors (Lipinski definition) is 2. The molecule has 3 aromatic carbocycles. The fourth-order valence-electron chi connectivity index (χ4n) is 4.96. The van der Waals surface area contributed by atoms with Crippen molar-refractivity contribution in [2.24, 2.45) is 5.10 Å². The van der Waals surface area contributed by atoms with Gasteiger partial charge in [-0.05, 0) is 41.0 Å². The van der Waals surface area contributed by atoms with Gasteiger partial charge in [-0.15, -0.1) is 0 Å². The average Bonchev–Trinajstić information content (AvgIpc) is 3.00. The van der Waals surface area contributed by atoms with E-state index in [2.05, 4.69) is 50.3 Å². The van der Waals surface area contributed by atoms with Crippen LogP contribution in [0.4, 0.5) is 17.5 Å². The van der Waals surface area contributed by atoms with Crippen LogP contribution in [0.25, 0.3) is 0 Å². The van der Waals surface area contributed by atoms with Crippen LogP contribution in [0, 0.1) is 0 Å². The third-order valence-corrected chi connectivity index (χ3v) is 7.10. The zero-order valence-electron chi connectivity index (χ0n) is 24.0. The van der Waals surface area contributed by atoms with Gasteiger partial charge in [-0.3, -0.25) is 9.80 Å². The number of fused-ring (bicyclic) bond motifs is 1. The molecule has 4 N–H and O–H groups in total. The number of hydrazone groups is 1. The highest BCUT2D eigenvalue weighted by Gasteiger charge is 2.26. The van der Waals surface area contributed by atoms with Gasteiger partial charge < -0.3 is 25.8 Å². The lowest BCUT2D eigenvalue weighted by molar-refractivity contribution is 0.104. The highest BCUT2D eigenvalue weighted by atomic mass is 16.5. The van der Waals surface area contributed by atoms with E-state index in [-0.39, 0.29) is 23.6 Å². The first kappa shape index (κ1) is 28.2. The number of nitrogens with two attached hydrogens (primary N) is 2. The molecule has 0 saturated carbocycles. The second kappa shape index (κ2) is 12.0. The van der Waals surface area contributed by atoms with Crippen molar-refractivity contribution in [3.8, 4) is 11.5 Å². The maximum Gasteiger partial charge on any atom is 0.221 e. The van der Waals surface area contributed by atoms with Crippen LogP contribution in [0.1, 0.15) is 44.2 Å². The van der Waals surface area contributed by atoms with Crippen molar-refractivity contribution in [3.63, 3.8) is 0 Å². The van der Waals surface area contributed by atoms with Crippen molar-refractivity contribution in [2.45, 2.75) is 12.5 Å². The number of carbonyl (C=O) groups is 1. The van der Waals surface area contributed by atoms with Gasteiger partial charge in [0, 0.05) is 55.8 Å². The Morgan fingerprint density at radius 1 is 1.05 bits per heavy atom. The molecule has 0 saturated heterocycles. The van der Waals surface area contributed by atoms with E-state index in [1.54, 1.807) is 35.8 Å². The maximum absolute atomic E-state index is 13.7. The van der Waals surface area contributed by atoms with Gasteiger partial charge in [0.25, 0.3) is 0 Å². The van der Waals surface area contributed by atoms with Crippen molar-refractivity contribution in [3.05, 3.63) is 113 Å². The summed E-state index contributed by atoms with van der Waals surface area (Å²) in [4.78, 5) is 23.8. The number of methoxy groups -OCH3 is 2. The molecule has 4 aromatic rings. The van der Waals surface area contributed by atoms with Crippen LogP contribution in [0.3, 0.4) is 0 Å². The van der Waals surface area contributed by atoms with E-state index in [1.165, 1.54) is 20.3 Å². The van der Waals surface area contributed by atoms with E-state index in [9.17, 15) is 4.79 Å². The van der Waals surface area contributed by atoms with E-state index in [0.29, 0.717) is 29.0 Å². The third kappa shape index (κ3) is 5.73. The molecule has 214 valence electrons. The Hall–Kier alpha value is -5.38. The summed E-state index contributed by atoms with van der Waals surface area (Å²) in [7, 11) is 7.04. The standard InChI is InChI=1S/C32H33N7O3/c1-38(2)24-11-9-21(10-12-24)29-25-8-6-5-7-22(25)19-36-39(29)14-13-27(40)26-16-20(17-28(41-3)30(26)42-4)15-23-18-35-32(34)37-31(23)33/h5-14,16-19,29H,15H2,1-4H3,(H4,33,34,35,37)/b14-13+. The molecule has 0 amide bonds. The molecule has 0 aliphatic carbocycles. The van der Waals surface area contributed by atoms with E-state index >= 15 is 0 Å². The summed E-state index contributed by atoms with van der Waals surface area (Å²) in [5, 5.41) is 6.48. The van der Waals surface area contributed by atoms with E-state index in [0.717, 1.165) is 27.9 Å². The SMILES string of the molecule is COc1cc(Cc2cnc(N)nc2N)cc(C(=O)/C=C/N2N=Cc3ccccc3C2c2ccc(N(C)C)cc2)c1OC. The molecule has 0 radical (unpaired) electrons. The number of benzene rings is 3. The molecule has 5 rings (SSSR count). The molecule has 0 fully saturated rings. The summed E-state index contributed by atoms with van der Waals surface area (Å²) in [5.41, 5.74) is 17.7. The van der Waals surface area contributed by atoms with Crippen molar-refractivity contribution < 1.29 is 14.3 Å². The minimum atomic E-state index is -0.274. The lowest BCUT2D eigenvalue weighted by Gasteiger charge is -2.31. The average molecular weight is 564 g/mol. The zero-order chi connectivity index (χ0) is 29.8. The van der Waals surface area contributed by atoms with Gasteiger partial charge in [-0.2, -0.15) is 10.1 Å². The molecule has 0 bridgehead atoms. The van der Waals surface area contributed by atoms with Gasteiger partial charge in [0.1, 0.15) is 11.9 Å². The van der Waals surface area contributed by atoms with Crippen molar-refractivity contribution >= 4 is 29.5 Å². The number of rotatable bonds is 9. The fraction of sp³-hybridized carbons (Fsp3) is 0.188. The van der Waals surface area contributed by atoms with Gasteiger partial charge in [0.15, 0.2) is 17.3 Å². The van der Waals surface area contributed by atoms with Gasteiger partial charge in [0.2, 0.25) is 5.95 Å². The van der Waals surface area contributed by atoms with Gasteiger partial charge in [-0.1, -0.05) is 36.4 Å². The number of carbonyl (C=O) groups excluding carboxylic acids is 1. The summed E-state index contributed by atoms with van der Waals surface area (Å²) in [6, 6.07) is 19.8. The summed E-state index contributed by atoms with van der Waals surface area (Å²) >= 11 is 0. The highest BCUT2D eigenvalue weighted by molar-refractivity contribution is 6.07. The largest absolute Gasteiger partial charge is 0.493 e. The van der Waals surface area contributed by atoms with Gasteiger partial charge in [0.05, 0.1) is 26.0 Å². The summed E-state index contributed by atoms with van der Waals surface area (Å²) in [5.74, 6) is 0.855. The number of nitrogens with zero attached hydrogens (tertiary/aromatic N) is 5. The lowest BCUT2D eigenvalue weighted by Crippen LogP contribution is -2.25. The second-order valence-electron chi connectivity index (χ2n) is 10.0. The smallest absolute Gasteiger partial charge is 0.221 e. The molecule has 1 atom stereocenters. The van der Waals surface area contributed by atoms with Crippen LogP contribution in [0.15, 0.2) is 84.2 Å². The molecule has 1 aliphatic rings. The maximum atomic E-state index is 13.7. The van der Waals surface area contributed by atoms with Crippen molar-refractivity contribution in [1.29, 1.82) is 0 Å². The van der Waals surface area contributed by atoms with Crippen LogP contribution < -0.4 is 25.8 Å². The third-order valence-electron chi connectivity index (χ3n) is 7.10. The number of anilines is 3. The number of nitrogen functional groups attached to an aromatic ring is 2. The predicted molar refractivity (Wildman–Crippen MR) is 165 cm³/mol. The Morgan fingerprint density at radius 3 is 2.50 bits per heavy atom. The van der Waals surface area contributed by atoms with E-state index in [1.807, 2.05) is 32.3 Å². The molecule has 42 heavy (non-hydrogen) atoms. The molecule has 2 heterocycles. The zero-order valence-corrected chi connectivity index (χ0v) is 24.0. The summed E-state index contributed by atoms with van der Waals surface area (Å²) < 4.78 is 11.2. The normalized spacial score (nSPS) is 14.1. The van der Waals surface area contributed by atoms with E-state index in [4.69, 9.17) is 20.9 Å². The van der Waals surface area contributed by atoms with Crippen LogP contribution in [-0.4, -0.2) is 55.3 Å². The van der Waals surface area contributed by atoms with Crippen LogP contribution in [0.2, 0.25) is 0 Å². The Morgan fingerprint density at radius 2 is 1.81 bits per heavy atom. The molecule has 1 unspecified atom stereocenters. The molecule has 1 aromatic heterocycles. The lowest BCUT2D eigenvalue weighted by atomic mass is 9.93. The second-order valence-corrected chi connectivity index (χ2v) is 10.0. The number of aromatic nitrogens is 2. The first-order valence-electron chi connectivity index (χ1n) is 13.3. The Bertz CT molecular complexity index is 1670. The Kier molecular flexibility index (Phi) is 8.05. The fourth-order valence-corrected chi connectivity index (χ4v) is 4.96. The highest BCUT2D eigenvalue weighted by Crippen LogP contribution is 2.36. The number of hydrogen-bond acceptors (Lipinski definition) is 10. The van der Waals surface area contributed by atoms with Crippen molar-refractivity contribution in [2.75, 3.05) is 44.7 Å². The van der Waals surface area contributed by atoms with Gasteiger partial charge >= 0.3 is 0 Å². The molecule has 10 heteroatoms. The van der Waals surface area contributed by atoms with Crippen LogP contribution >= 0.6 is 0 Å². The Balaban J connectivity index is 1.49. The number of ether oxygens (including phenoxy) is 2. The molecule has 10 nitrogen and oxygen atoms in total. The summed E-state index contributed by atoms with van der Waals surface area (Å²) in [6.07, 6.45) is 6.94. The summed E-state index contributed by atoms with van der Waals surface area (Å²) in [6.45, 7) is 0. The quantitative estimate of drug-likeness (QED) is 0.224. The molecular formula is C32H33N7O3. The van der Waals surface area contributed by atoms with Crippen LogP contribution in [0.5, 0.6) is 11.5 Å². The molecule has 1 aliphatic heterocycles. The minimum Gasteiger partial charge on any atom is -0.493 e. The first-order chi connectivity index (χ1) is 20.3. The molecule has 0 spiro atoms. The minimum absolute atomic E-state index is 0.0968. The number of ketones is 1. The predicted octanol–water partition coefficient (Wildman–Crippen LogP) is 4.45. The first-order valence-corrected chi connectivity index (χ1v) is 13.3. The van der Waals surface area contributed by atoms with E-state index < -0.39 is 0 Å².